The predicted octanol–water partition coefficient (Wildman–Crippen LogP) is 1.76. The van der Waals surface area contributed by atoms with Gasteiger partial charge in [0.15, 0.2) is 5.82 Å². The number of aryl methyl sites for hydroxylation is 1. The number of H-pyrrole nitrogens is 1. The van der Waals surface area contributed by atoms with Gasteiger partial charge in [-0.15, -0.1) is 0 Å². The van der Waals surface area contributed by atoms with Gasteiger partial charge in [-0.05, 0) is 31.9 Å². The van der Waals surface area contributed by atoms with Gasteiger partial charge in [-0.1, -0.05) is 0 Å². The third kappa shape index (κ3) is 2.35. The molecule has 0 bridgehead atoms. The van der Waals surface area contributed by atoms with Gasteiger partial charge in [0.1, 0.15) is 17.7 Å². The van der Waals surface area contributed by atoms with Crippen molar-refractivity contribution in [2.75, 3.05) is 18.0 Å². The van der Waals surface area contributed by atoms with Gasteiger partial charge in [0.25, 0.3) is 0 Å². The molecule has 20 heavy (non-hydrogen) atoms. The van der Waals surface area contributed by atoms with E-state index in [9.17, 15) is 5.26 Å². The van der Waals surface area contributed by atoms with Crippen LogP contribution in [0.3, 0.4) is 0 Å². The van der Waals surface area contributed by atoms with Crippen LogP contribution in [0.5, 0.6) is 0 Å². The van der Waals surface area contributed by atoms with Gasteiger partial charge >= 0.3 is 0 Å². The Morgan fingerprint density at radius 1 is 1.50 bits per heavy atom. The van der Waals surface area contributed by atoms with Gasteiger partial charge in [0, 0.05) is 25.2 Å². The van der Waals surface area contributed by atoms with Crippen molar-refractivity contribution in [2.24, 2.45) is 0 Å². The van der Waals surface area contributed by atoms with Crippen molar-refractivity contribution in [3.63, 3.8) is 0 Å². The van der Waals surface area contributed by atoms with Crippen molar-refractivity contribution in [1.82, 2.24) is 20.2 Å². The molecule has 102 valence electrons. The topological polar surface area (TPSA) is 81.5 Å². The van der Waals surface area contributed by atoms with E-state index < -0.39 is 0 Å². The molecule has 1 aliphatic heterocycles. The van der Waals surface area contributed by atoms with Crippen LogP contribution in [0.1, 0.15) is 36.0 Å². The van der Waals surface area contributed by atoms with Crippen LogP contribution in [-0.4, -0.2) is 33.3 Å². The van der Waals surface area contributed by atoms with Crippen molar-refractivity contribution >= 4 is 5.82 Å². The fourth-order valence-electron chi connectivity index (χ4n) is 2.66. The van der Waals surface area contributed by atoms with E-state index >= 15 is 0 Å². The summed E-state index contributed by atoms with van der Waals surface area (Å²) < 4.78 is 0. The van der Waals surface area contributed by atoms with Gasteiger partial charge in [-0.3, -0.25) is 5.10 Å². The summed E-state index contributed by atoms with van der Waals surface area (Å²) in [6.07, 6.45) is 3.86. The van der Waals surface area contributed by atoms with Crippen molar-refractivity contribution in [2.45, 2.75) is 25.7 Å². The lowest BCUT2D eigenvalue weighted by atomic mass is 9.97. The number of hydrogen-bond donors (Lipinski definition) is 1. The van der Waals surface area contributed by atoms with E-state index in [0.717, 1.165) is 43.4 Å². The van der Waals surface area contributed by atoms with Gasteiger partial charge < -0.3 is 4.90 Å². The second-order valence-corrected chi connectivity index (χ2v) is 5.05. The lowest BCUT2D eigenvalue weighted by Crippen LogP contribution is -2.35. The number of hydrogen-bond acceptors (Lipinski definition) is 5. The quantitative estimate of drug-likeness (QED) is 0.897. The number of pyridine rings is 1. The summed E-state index contributed by atoms with van der Waals surface area (Å²) in [7, 11) is 0. The van der Waals surface area contributed by atoms with Crippen LogP contribution < -0.4 is 4.90 Å². The van der Waals surface area contributed by atoms with Gasteiger partial charge in [-0.25, -0.2) is 9.97 Å². The summed E-state index contributed by atoms with van der Waals surface area (Å²) in [6.45, 7) is 3.64. The lowest BCUT2D eigenvalue weighted by molar-refractivity contribution is 0.489. The Balaban J connectivity index is 1.83. The van der Waals surface area contributed by atoms with Crippen molar-refractivity contribution < 1.29 is 0 Å². The maximum Gasteiger partial charge on any atom is 0.155 e. The van der Waals surface area contributed by atoms with Gasteiger partial charge in [0.2, 0.25) is 0 Å². The average molecular weight is 268 g/mol. The molecule has 2 aromatic heterocycles. The smallest absolute Gasteiger partial charge is 0.155 e. The fraction of sp³-hybridized carbons (Fsp3) is 0.429. The van der Waals surface area contributed by atoms with Crippen molar-refractivity contribution in [3.8, 4) is 6.07 Å². The minimum absolute atomic E-state index is 0.294. The number of nitrogens with one attached hydrogen (secondary N) is 1. The zero-order valence-corrected chi connectivity index (χ0v) is 11.4. The first-order valence-electron chi connectivity index (χ1n) is 6.77. The number of rotatable bonds is 2. The molecule has 3 heterocycles. The summed E-state index contributed by atoms with van der Waals surface area (Å²) in [5.74, 6) is 2.77. The molecule has 0 amide bonds. The molecule has 6 nitrogen and oxygen atoms in total. The van der Waals surface area contributed by atoms with Crippen molar-refractivity contribution in [3.05, 3.63) is 35.5 Å². The third-order valence-electron chi connectivity index (χ3n) is 3.61. The molecule has 1 atom stereocenters. The van der Waals surface area contributed by atoms with E-state index in [0.29, 0.717) is 11.5 Å². The summed E-state index contributed by atoms with van der Waals surface area (Å²) in [5.41, 5.74) is 0.624. The minimum Gasteiger partial charge on any atom is -0.355 e. The van der Waals surface area contributed by atoms with E-state index in [1.54, 1.807) is 12.3 Å². The standard InChI is InChI=1S/C14H16N6/c1-10-17-13(19-18-10)12-5-3-7-20(9-12)14-11(8-15)4-2-6-16-14/h2,4,6,12H,3,5,7,9H2,1H3,(H,17,18,19). The number of piperidine rings is 1. The third-order valence-corrected chi connectivity index (χ3v) is 3.61. The summed E-state index contributed by atoms with van der Waals surface area (Å²) >= 11 is 0. The Hall–Kier alpha value is -2.42. The Morgan fingerprint density at radius 2 is 2.40 bits per heavy atom. The first-order chi connectivity index (χ1) is 9.78. The highest BCUT2D eigenvalue weighted by Gasteiger charge is 2.26. The molecule has 0 radical (unpaired) electrons. The second-order valence-electron chi connectivity index (χ2n) is 5.05. The molecule has 0 aliphatic carbocycles. The minimum atomic E-state index is 0.294. The Morgan fingerprint density at radius 3 is 3.15 bits per heavy atom. The SMILES string of the molecule is Cc1nc(C2CCCN(c3ncccc3C#N)C2)n[nH]1. The van der Waals surface area contributed by atoms with Crippen LogP contribution in [0.2, 0.25) is 0 Å². The molecule has 0 spiro atoms. The molecule has 1 unspecified atom stereocenters. The number of nitriles is 1. The molecule has 6 heteroatoms. The molecule has 0 aromatic carbocycles. The molecule has 1 N–H and O–H groups in total. The van der Waals surface area contributed by atoms with E-state index in [1.807, 2.05) is 13.0 Å². The highest BCUT2D eigenvalue weighted by atomic mass is 15.2. The highest BCUT2D eigenvalue weighted by Crippen LogP contribution is 2.28. The largest absolute Gasteiger partial charge is 0.355 e. The van der Waals surface area contributed by atoms with Crippen LogP contribution in [-0.2, 0) is 0 Å². The molecule has 3 rings (SSSR count). The average Bonchev–Trinajstić information content (AvgIpc) is 2.94. The fourth-order valence-corrected chi connectivity index (χ4v) is 2.66. The molecule has 1 aliphatic rings. The van der Waals surface area contributed by atoms with Crippen LogP contribution >= 0.6 is 0 Å². The summed E-state index contributed by atoms with van der Waals surface area (Å²) in [5, 5.41) is 16.3. The molecule has 2 aromatic rings. The predicted molar refractivity (Wildman–Crippen MR) is 74.3 cm³/mol. The van der Waals surface area contributed by atoms with E-state index in [4.69, 9.17) is 0 Å². The molecular formula is C14H16N6. The van der Waals surface area contributed by atoms with Crippen molar-refractivity contribution in [1.29, 1.82) is 5.26 Å². The number of aromatic nitrogens is 4. The number of anilines is 1. The Kier molecular flexibility index (Phi) is 3.33. The zero-order valence-electron chi connectivity index (χ0n) is 11.4. The Labute approximate surface area is 117 Å². The monoisotopic (exact) mass is 268 g/mol. The highest BCUT2D eigenvalue weighted by molar-refractivity contribution is 5.53. The van der Waals surface area contributed by atoms with Crippen LogP contribution in [0.15, 0.2) is 18.3 Å². The summed E-state index contributed by atoms with van der Waals surface area (Å²) in [4.78, 5) is 11.0. The maximum atomic E-state index is 9.19. The van der Waals surface area contributed by atoms with Crippen LogP contribution in [0, 0.1) is 18.3 Å². The van der Waals surface area contributed by atoms with E-state index in [1.165, 1.54) is 0 Å². The first-order valence-corrected chi connectivity index (χ1v) is 6.77. The van der Waals surface area contributed by atoms with Crippen LogP contribution in [0.4, 0.5) is 5.82 Å². The van der Waals surface area contributed by atoms with E-state index in [-0.39, 0.29) is 0 Å². The van der Waals surface area contributed by atoms with Gasteiger partial charge in [0.05, 0.1) is 5.56 Å². The molecule has 0 saturated carbocycles. The summed E-state index contributed by atoms with van der Waals surface area (Å²) in [6, 6.07) is 5.81. The molecule has 1 fully saturated rings. The van der Waals surface area contributed by atoms with Crippen LogP contribution in [0.25, 0.3) is 0 Å². The first kappa shape index (κ1) is 12.6. The maximum absolute atomic E-state index is 9.19. The normalized spacial score (nSPS) is 18.8. The van der Waals surface area contributed by atoms with E-state index in [2.05, 4.69) is 31.1 Å². The second kappa shape index (κ2) is 5.29. The van der Waals surface area contributed by atoms with Gasteiger partial charge in [-0.2, -0.15) is 10.4 Å². The number of aromatic amines is 1. The zero-order chi connectivity index (χ0) is 13.9. The molecular weight excluding hydrogens is 252 g/mol. The number of nitrogens with zero attached hydrogens (tertiary/aromatic N) is 5. The molecule has 1 saturated heterocycles. The lowest BCUT2D eigenvalue weighted by Gasteiger charge is -2.32. The Bertz CT molecular complexity index is 641.